The number of carbonyl (C=O) groups is 1. The molecule has 0 radical (unpaired) electrons. The van der Waals surface area contributed by atoms with Crippen LogP contribution >= 0.6 is 0 Å². The maximum absolute atomic E-state index is 10.8. The van der Waals surface area contributed by atoms with Crippen molar-refractivity contribution in [3.05, 3.63) is 4.91 Å². The van der Waals surface area contributed by atoms with E-state index in [9.17, 15) is 9.70 Å². The number of carbonyl (C=O) groups excluding carboxylic acids is 1. The van der Waals surface area contributed by atoms with Gasteiger partial charge < -0.3 is 5.32 Å². The standard InChI is InChI=1S/C5H8N2O4/c8-5(10-11-7-9)4-2-1-3-6-4/h4,6H,1-3H2. The van der Waals surface area contributed by atoms with Crippen molar-refractivity contribution in [3.63, 3.8) is 0 Å². The summed E-state index contributed by atoms with van der Waals surface area (Å²) in [6.45, 7) is 0.786. The normalized spacial score (nSPS) is 22.7. The molecule has 11 heavy (non-hydrogen) atoms. The molecular formula is C5H8N2O4. The van der Waals surface area contributed by atoms with Gasteiger partial charge in [-0.25, -0.2) is 9.68 Å². The molecule has 6 nitrogen and oxygen atoms in total. The minimum Gasteiger partial charge on any atom is -0.304 e. The Labute approximate surface area is 62.7 Å². The first kappa shape index (κ1) is 7.93. The number of hydrogen-bond donors (Lipinski definition) is 1. The highest BCUT2D eigenvalue weighted by Gasteiger charge is 2.24. The molecule has 1 fully saturated rings. The lowest BCUT2D eigenvalue weighted by atomic mass is 10.2. The fraction of sp³-hybridized carbons (Fsp3) is 0.800. The van der Waals surface area contributed by atoms with Crippen LogP contribution in [-0.4, -0.2) is 18.6 Å². The summed E-state index contributed by atoms with van der Waals surface area (Å²) in [6.07, 6.45) is 1.63. The van der Waals surface area contributed by atoms with Gasteiger partial charge in [-0.2, -0.15) is 0 Å². The molecule has 1 atom stereocenters. The molecule has 0 aromatic rings. The van der Waals surface area contributed by atoms with E-state index in [4.69, 9.17) is 0 Å². The number of hydrogen-bond acceptors (Lipinski definition) is 6. The predicted molar refractivity (Wildman–Crippen MR) is 34.0 cm³/mol. The lowest BCUT2D eigenvalue weighted by molar-refractivity contribution is -0.276. The Hall–Kier alpha value is -1.17. The van der Waals surface area contributed by atoms with E-state index in [2.05, 4.69) is 15.2 Å². The highest BCUT2D eigenvalue weighted by molar-refractivity contribution is 5.75. The third kappa shape index (κ3) is 2.15. The van der Waals surface area contributed by atoms with Crippen LogP contribution in [0.25, 0.3) is 0 Å². The first-order chi connectivity index (χ1) is 5.34. The Morgan fingerprint density at radius 1 is 1.64 bits per heavy atom. The van der Waals surface area contributed by atoms with Crippen LogP contribution in [0.3, 0.4) is 0 Å². The fourth-order valence-electron chi connectivity index (χ4n) is 0.996. The van der Waals surface area contributed by atoms with Crippen molar-refractivity contribution in [2.24, 2.45) is 5.34 Å². The topological polar surface area (TPSA) is 77.0 Å². The van der Waals surface area contributed by atoms with Gasteiger partial charge in [0.25, 0.3) is 0 Å². The molecule has 0 aromatic carbocycles. The molecule has 6 heteroatoms. The zero-order valence-electron chi connectivity index (χ0n) is 5.78. The van der Waals surface area contributed by atoms with Gasteiger partial charge in [0.05, 0.1) is 0 Å². The average Bonchev–Trinajstić information content (AvgIpc) is 2.52. The largest absolute Gasteiger partial charge is 0.374 e. The molecule has 0 saturated carbocycles. The predicted octanol–water partition coefficient (Wildman–Crippen LogP) is -0.105. The zero-order valence-corrected chi connectivity index (χ0v) is 5.78. The molecule has 1 unspecified atom stereocenters. The fourth-order valence-corrected chi connectivity index (χ4v) is 0.996. The number of rotatable bonds is 3. The van der Waals surface area contributed by atoms with Crippen molar-refractivity contribution in [2.75, 3.05) is 6.54 Å². The molecule has 1 saturated heterocycles. The van der Waals surface area contributed by atoms with Crippen LogP contribution in [0.5, 0.6) is 0 Å². The molecule has 1 aliphatic rings. The Morgan fingerprint density at radius 2 is 2.45 bits per heavy atom. The Morgan fingerprint density at radius 3 is 3.00 bits per heavy atom. The quantitative estimate of drug-likeness (QED) is 0.354. The van der Waals surface area contributed by atoms with Gasteiger partial charge in [0.1, 0.15) is 6.04 Å². The van der Waals surface area contributed by atoms with Crippen molar-refractivity contribution < 1.29 is 14.7 Å². The third-order valence-corrected chi connectivity index (χ3v) is 1.49. The summed E-state index contributed by atoms with van der Waals surface area (Å²) >= 11 is 0. The Balaban J connectivity index is 2.22. The molecule has 62 valence electrons. The second kappa shape index (κ2) is 3.87. The van der Waals surface area contributed by atoms with Crippen LogP contribution in [0.4, 0.5) is 0 Å². The number of nitrogens with one attached hydrogen (secondary N) is 1. The second-order valence-corrected chi connectivity index (χ2v) is 2.20. The van der Waals surface area contributed by atoms with Crippen molar-refractivity contribution in [1.29, 1.82) is 0 Å². The van der Waals surface area contributed by atoms with Crippen LogP contribution < -0.4 is 5.32 Å². The van der Waals surface area contributed by atoms with E-state index < -0.39 is 5.97 Å². The van der Waals surface area contributed by atoms with Gasteiger partial charge in [-0.05, 0) is 19.4 Å². The molecule has 1 rings (SSSR count). The summed E-state index contributed by atoms with van der Waals surface area (Å²) in [5, 5.41) is 4.79. The summed E-state index contributed by atoms with van der Waals surface area (Å²) in [5.74, 6) is -0.595. The number of nitrogens with zero attached hydrogens (tertiary/aromatic N) is 1. The van der Waals surface area contributed by atoms with Crippen LogP contribution in [0.15, 0.2) is 5.34 Å². The minimum absolute atomic E-state index is 0.350. The van der Waals surface area contributed by atoms with Gasteiger partial charge >= 0.3 is 5.97 Å². The summed E-state index contributed by atoms with van der Waals surface area (Å²) in [5.41, 5.74) is 0. The molecule has 1 N–H and O–H groups in total. The van der Waals surface area contributed by atoms with Crippen molar-refractivity contribution in [2.45, 2.75) is 18.9 Å². The molecule has 0 aliphatic carbocycles. The van der Waals surface area contributed by atoms with E-state index in [-0.39, 0.29) is 6.04 Å². The molecular weight excluding hydrogens is 152 g/mol. The van der Waals surface area contributed by atoms with Gasteiger partial charge in [-0.15, -0.1) is 9.90 Å². The highest BCUT2D eigenvalue weighted by atomic mass is 17.3. The summed E-state index contributed by atoms with van der Waals surface area (Å²) in [6, 6.07) is -0.350. The smallest absolute Gasteiger partial charge is 0.304 e. The highest BCUT2D eigenvalue weighted by Crippen LogP contribution is 2.06. The lowest BCUT2D eigenvalue weighted by Gasteiger charge is -2.03. The Bertz CT molecular complexity index is 155. The van der Waals surface area contributed by atoms with Gasteiger partial charge in [-0.1, -0.05) is 0 Å². The summed E-state index contributed by atoms with van der Waals surface area (Å²) in [7, 11) is 0. The van der Waals surface area contributed by atoms with E-state index in [0.29, 0.717) is 6.42 Å². The molecule has 0 amide bonds. The van der Waals surface area contributed by atoms with Crippen LogP contribution in [0, 0.1) is 4.91 Å². The van der Waals surface area contributed by atoms with E-state index in [1.807, 2.05) is 5.34 Å². The maximum Gasteiger partial charge on any atom is 0.374 e. The summed E-state index contributed by atoms with van der Waals surface area (Å²) in [4.78, 5) is 27.7. The molecule has 0 aromatic heterocycles. The molecule has 0 spiro atoms. The molecule has 1 aliphatic heterocycles. The first-order valence-electron chi connectivity index (χ1n) is 3.28. The Kier molecular flexibility index (Phi) is 2.79. The van der Waals surface area contributed by atoms with Crippen LogP contribution in [0.2, 0.25) is 0 Å². The van der Waals surface area contributed by atoms with Gasteiger partial charge in [-0.3, -0.25) is 0 Å². The van der Waals surface area contributed by atoms with Gasteiger partial charge in [0, 0.05) is 0 Å². The average molecular weight is 160 g/mol. The maximum atomic E-state index is 10.8. The monoisotopic (exact) mass is 160 g/mol. The lowest BCUT2D eigenvalue weighted by Crippen LogP contribution is -2.32. The van der Waals surface area contributed by atoms with Crippen molar-refractivity contribution >= 4 is 5.97 Å². The first-order valence-corrected chi connectivity index (χ1v) is 3.28. The van der Waals surface area contributed by atoms with Crippen LogP contribution in [0.1, 0.15) is 12.8 Å². The second-order valence-electron chi connectivity index (χ2n) is 2.20. The molecule has 1 heterocycles. The van der Waals surface area contributed by atoms with Crippen LogP contribution in [-0.2, 0) is 14.7 Å². The van der Waals surface area contributed by atoms with E-state index in [0.717, 1.165) is 13.0 Å². The van der Waals surface area contributed by atoms with Crippen molar-refractivity contribution in [3.8, 4) is 0 Å². The van der Waals surface area contributed by atoms with Gasteiger partial charge in [0.2, 0.25) is 5.34 Å². The van der Waals surface area contributed by atoms with E-state index >= 15 is 0 Å². The van der Waals surface area contributed by atoms with Gasteiger partial charge in [0.15, 0.2) is 0 Å². The third-order valence-electron chi connectivity index (χ3n) is 1.49. The minimum atomic E-state index is -0.595. The zero-order chi connectivity index (χ0) is 8.10. The van der Waals surface area contributed by atoms with E-state index in [1.54, 1.807) is 0 Å². The van der Waals surface area contributed by atoms with Crippen molar-refractivity contribution in [1.82, 2.24) is 5.32 Å². The SMILES string of the molecule is O=NOOC(=O)C1CCCN1. The summed E-state index contributed by atoms with van der Waals surface area (Å²) < 4.78 is 0. The van der Waals surface area contributed by atoms with E-state index in [1.165, 1.54) is 0 Å². The molecule has 0 bridgehead atoms.